The zero-order valence-corrected chi connectivity index (χ0v) is 14.0. The second kappa shape index (κ2) is 6.83. The second-order valence-electron chi connectivity index (χ2n) is 5.84. The Labute approximate surface area is 141 Å². The molecule has 5 nitrogen and oxygen atoms in total. The molecule has 1 aliphatic rings. The highest BCUT2D eigenvalue weighted by Crippen LogP contribution is 2.31. The van der Waals surface area contributed by atoms with Gasteiger partial charge in [-0.05, 0) is 32.0 Å². The van der Waals surface area contributed by atoms with E-state index in [1.54, 1.807) is 13.2 Å². The molecule has 0 aromatic heterocycles. The molecule has 1 N–H and O–H groups in total. The maximum atomic E-state index is 12.5. The number of carbonyl (C=O) groups excluding carboxylic acids is 1. The topological polar surface area (TPSA) is 56.8 Å². The number of hydrogen-bond donors (Lipinski definition) is 1. The molecule has 126 valence electrons. The third-order valence-corrected chi connectivity index (χ3v) is 4.01. The summed E-state index contributed by atoms with van der Waals surface area (Å²) >= 11 is 0. The van der Waals surface area contributed by atoms with Gasteiger partial charge in [-0.25, -0.2) is 0 Å². The lowest BCUT2D eigenvalue weighted by Crippen LogP contribution is -2.44. The Morgan fingerprint density at radius 2 is 2.00 bits per heavy atom. The van der Waals surface area contributed by atoms with Crippen LogP contribution in [-0.2, 0) is 4.79 Å². The van der Waals surface area contributed by atoms with Gasteiger partial charge in [0.25, 0.3) is 5.91 Å². The lowest BCUT2D eigenvalue weighted by atomic mass is 10.0. The number of carbonyl (C=O) groups is 1. The van der Waals surface area contributed by atoms with Crippen LogP contribution in [0, 0.1) is 6.92 Å². The minimum atomic E-state index is -0.668. The highest BCUT2D eigenvalue weighted by Gasteiger charge is 2.28. The minimum Gasteiger partial charge on any atom is -0.496 e. The Morgan fingerprint density at radius 3 is 2.75 bits per heavy atom. The number of benzene rings is 2. The number of nitrogens with one attached hydrogen (secondary N) is 1. The monoisotopic (exact) mass is 327 g/mol. The standard InChI is InChI=1S/C19H21NO4/c1-12-8-9-15(22-3)14(10-12)13(2)20-19(21)18-11-23-16-6-4-5-7-17(16)24-18/h4-10,13,18H,11H2,1-3H3,(H,20,21)/t13-,18-/m0/s1. The number of fused-ring (bicyclic) bond motifs is 1. The molecule has 0 saturated heterocycles. The van der Waals surface area contributed by atoms with E-state index in [0.717, 1.165) is 16.9 Å². The molecule has 0 bridgehead atoms. The van der Waals surface area contributed by atoms with Crippen LogP contribution in [0.3, 0.4) is 0 Å². The summed E-state index contributed by atoms with van der Waals surface area (Å²) in [7, 11) is 1.62. The Morgan fingerprint density at radius 1 is 1.25 bits per heavy atom. The molecule has 2 aromatic rings. The largest absolute Gasteiger partial charge is 0.496 e. The fourth-order valence-corrected chi connectivity index (χ4v) is 2.72. The van der Waals surface area contributed by atoms with Gasteiger partial charge < -0.3 is 19.5 Å². The molecular formula is C19H21NO4. The number of rotatable bonds is 4. The molecule has 24 heavy (non-hydrogen) atoms. The lowest BCUT2D eigenvalue weighted by molar-refractivity contribution is -0.131. The number of aryl methyl sites for hydroxylation is 1. The maximum Gasteiger partial charge on any atom is 0.265 e. The van der Waals surface area contributed by atoms with Crippen LogP contribution in [0.1, 0.15) is 24.1 Å². The number of para-hydroxylation sites is 2. The number of methoxy groups -OCH3 is 1. The van der Waals surface area contributed by atoms with Crippen LogP contribution in [0.2, 0.25) is 0 Å². The Bertz CT molecular complexity index is 744. The molecule has 2 aromatic carbocycles. The summed E-state index contributed by atoms with van der Waals surface area (Å²) in [5.74, 6) is 1.79. The zero-order valence-electron chi connectivity index (χ0n) is 14.0. The fourth-order valence-electron chi connectivity index (χ4n) is 2.72. The lowest BCUT2D eigenvalue weighted by Gasteiger charge is -2.27. The van der Waals surface area contributed by atoms with Crippen LogP contribution >= 0.6 is 0 Å². The van der Waals surface area contributed by atoms with E-state index < -0.39 is 6.10 Å². The average Bonchev–Trinajstić information content (AvgIpc) is 2.61. The normalized spacial score (nSPS) is 17.0. The Hall–Kier alpha value is -2.69. The van der Waals surface area contributed by atoms with E-state index in [4.69, 9.17) is 14.2 Å². The van der Waals surface area contributed by atoms with Gasteiger partial charge in [-0.3, -0.25) is 4.79 Å². The first-order chi connectivity index (χ1) is 11.6. The van der Waals surface area contributed by atoms with Crippen LogP contribution in [0.4, 0.5) is 0 Å². The van der Waals surface area contributed by atoms with Crippen molar-refractivity contribution in [2.24, 2.45) is 0 Å². The zero-order chi connectivity index (χ0) is 17.1. The molecular weight excluding hydrogens is 306 g/mol. The van der Waals surface area contributed by atoms with Crippen LogP contribution < -0.4 is 19.5 Å². The molecule has 1 heterocycles. The highest BCUT2D eigenvalue weighted by molar-refractivity contribution is 5.82. The molecule has 1 amide bonds. The van der Waals surface area contributed by atoms with Crippen LogP contribution in [0.5, 0.6) is 17.2 Å². The smallest absolute Gasteiger partial charge is 0.265 e. The van der Waals surface area contributed by atoms with Crippen molar-refractivity contribution in [3.05, 3.63) is 53.6 Å². The molecule has 1 aliphatic heterocycles. The van der Waals surface area contributed by atoms with Gasteiger partial charge in [0.1, 0.15) is 12.4 Å². The molecule has 0 fully saturated rings. The van der Waals surface area contributed by atoms with E-state index in [9.17, 15) is 4.79 Å². The van der Waals surface area contributed by atoms with Gasteiger partial charge in [-0.1, -0.05) is 29.8 Å². The van der Waals surface area contributed by atoms with Gasteiger partial charge in [0, 0.05) is 5.56 Å². The van der Waals surface area contributed by atoms with Gasteiger partial charge >= 0.3 is 0 Å². The quantitative estimate of drug-likeness (QED) is 0.938. The first kappa shape index (κ1) is 16.2. The summed E-state index contributed by atoms with van der Waals surface area (Å²) < 4.78 is 16.7. The number of hydrogen-bond acceptors (Lipinski definition) is 4. The predicted octanol–water partition coefficient (Wildman–Crippen LogP) is 3.02. The van der Waals surface area contributed by atoms with Gasteiger partial charge in [-0.2, -0.15) is 0 Å². The summed E-state index contributed by atoms with van der Waals surface area (Å²) in [6.07, 6.45) is -0.668. The van der Waals surface area contributed by atoms with Gasteiger partial charge in [-0.15, -0.1) is 0 Å². The number of ether oxygens (including phenoxy) is 3. The van der Waals surface area contributed by atoms with E-state index in [1.807, 2.05) is 50.2 Å². The summed E-state index contributed by atoms with van der Waals surface area (Å²) in [5, 5.41) is 2.97. The van der Waals surface area contributed by atoms with Crippen molar-refractivity contribution < 1.29 is 19.0 Å². The summed E-state index contributed by atoms with van der Waals surface area (Å²) in [5.41, 5.74) is 2.04. The first-order valence-corrected chi connectivity index (χ1v) is 7.92. The van der Waals surface area contributed by atoms with Crippen molar-refractivity contribution in [2.45, 2.75) is 26.0 Å². The predicted molar refractivity (Wildman–Crippen MR) is 90.6 cm³/mol. The molecule has 0 saturated carbocycles. The molecule has 0 radical (unpaired) electrons. The Kier molecular flexibility index (Phi) is 4.60. The fraction of sp³-hybridized carbons (Fsp3) is 0.316. The van der Waals surface area contributed by atoms with Gasteiger partial charge in [0.2, 0.25) is 6.10 Å². The van der Waals surface area contributed by atoms with Gasteiger partial charge in [0.05, 0.1) is 13.2 Å². The van der Waals surface area contributed by atoms with E-state index in [-0.39, 0.29) is 18.6 Å². The summed E-state index contributed by atoms with van der Waals surface area (Å²) in [6.45, 7) is 4.12. The van der Waals surface area contributed by atoms with Crippen molar-refractivity contribution in [3.8, 4) is 17.2 Å². The molecule has 2 atom stereocenters. The third-order valence-electron chi connectivity index (χ3n) is 4.01. The van der Waals surface area contributed by atoms with E-state index in [0.29, 0.717) is 11.5 Å². The SMILES string of the molecule is COc1ccc(C)cc1[C@H](C)NC(=O)[C@@H]1COc2ccccc2O1. The molecule has 0 unspecified atom stereocenters. The van der Waals surface area contributed by atoms with Crippen molar-refractivity contribution >= 4 is 5.91 Å². The maximum absolute atomic E-state index is 12.5. The van der Waals surface area contributed by atoms with Crippen molar-refractivity contribution in [1.82, 2.24) is 5.32 Å². The third kappa shape index (κ3) is 3.30. The summed E-state index contributed by atoms with van der Waals surface area (Å²) in [6, 6.07) is 13.0. The van der Waals surface area contributed by atoms with E-state index in [2.05, 4.69) is 5.32 Å². The van der Waals surface area contributed by atoms with E-state index >= 15 is 0 Å². The number of amides is 1. The summed E-state index contributed by atoms with van der Waals surface area (Å²) in [4.78, 5) is 12.5. The van der Waals surface area contributed by atoms with E-state index in [1.165, 1.54) is 0 Å². The van der Waals surface area contributed by atoms with Crippen LogP contribution in [0.15, 0.2) is 42.5 Å². The highest BCUT2D eigenvalue weighted by atomic mass is 16.6. The van der Waals surface area contributed by atoms with Crippen molar-refractivity contribution in [1.29, 1.82) is 0 Å². The minimum absolute atomic E-state index is 0.195. The molecule has 3 rings (SSSR count). The molecule has 0 aliphatic carbocycles. The molecule has 0 spiro atoms. The van der Waals surface area contributed by atoms with Crippen LogP contribution in [0.25, 0.3) is 0 Å². The first-order valence-electron chi connectivity index (χ1n) is 7.92. The van der Waals surface area contributed by atoms with Gasteiger partial charge in [0.15, 0.2) is 11.5 Å². The van der Waals surface area contributed by atoms with Crippen molar-refractivity contribution in [2.75, 3.05) is 13.7 Å². The van der Waals surface area contributed by atoms with Crippen molar-refractivity contribution in [3.63, 3.8) is 0 Å². The molecule has 5 heteroatoms. The second-order valence-corrected chi connectivity index (χ2v) is 5.84. The van der Waals surface area contributed by atoms with Crippen LogP contribution in [-0.4, -0.2) is 25.7 Å². The Balaban J connectivity index is 1.70. The average molecular weight is 327 g/mol.